The van der Waals surface area contributed by atoms with Gasteiger partial charge in [-0.05, 0) is 56.3 Å². The van der Waals surface area contributed by atoms with E-state index >= 15 is 0 Å². The zero-order chi connectivity index (χ0) is 34.1. The fourth-order valence-corrected chi connectivity index (χ4v) is 6.15. The lowest BCUT2D eigenvalue weighted by Gasteiger charge is -2.30. The molecule has 0 radical (unpaired) electrons. The summed E-state index contributed by atoms with van der Waals surface area (Å²) < 4.78 is 9.43. The van der Waals surface area contributed by atoms with E-state index < -0.39 is 24.3 Å². The number of unbranched alkanes of at least 4 members (excludes halogenated alkanes) is 1. The zero-order valence-electron chi connectivity index (χ0n) is 28.2. The molecule has 47 heavy (non-hydrogen) atoms. The number of likely N-dealkylation sites (tertiary alicyclic amines) is 2. The molecule has 2 aliphatic heterocycles. The average Bonchev–Trinajstić information content (AvgIpc) is 3.87. The van der Waals surface area contributed by atoms with E-state index in [1.807, 2.05) is 33.9 Å². The van der Waals surface area contributed by atoms with Crippen molar-refractivity contribution in [3.63, 3.8) is 0 Å². The van der Waals surface area contributed by atoms with Gasteiger partial charge in [0.05, 0.1) is 32.5 Å². The monoisotopic (exact) mass is 652 g/mol. The Bertz CT molecular complexity index is 1460. The van der Waals surface area contributed by atoms with Crippen LogP contribution in [0.4, 0.5) is 9.59 Å². The molecule has 4 amide bonds. The van der Waals surface area contributed by atoms with E-state index in [-0.39, 0.29) is 35.7 Å². The molecule has 4 N–H and O–H groups in total. The highest BCUT2D eigenvalue weighted by molar-refractivity contribution is 5.87. The summed E-state index contributed by atoms with van der Waals surface area (Å²) in [7, 11) is 2.56. The number of aryl methyl sites for hydroxylation is 1. The number of H-pyrrole nitrogens is 2. The highest BCUT2D eigenvalue weighted by Gasteiger charge is 2.38. The van der Waals surface area contributed by atoms with Crippen molar-refractivity contribution >= 4 is 24.0 Å². The first kappa shape index (κ1) is 35.3. The maximum absolute atomic E-state index is 13.4. The van der Waals surface area contributed by atoms with Crippen molar-refractivity contribution in [2.45, 2.75) is 96.8 Å². The number of aromatic amines is 2. The molecule has 2 aliphatic rings. The fourth-order valence-electron chi connectivity index (χ4n) is 6.15. The van der Waals surface area contributed by atoms with Crippen molar-refractivity contribution in [2.24, 2.45) is 11.8 Å². The Morgan fingerprint density at radius 3 is 1.87 bits per heavy atom. The predicted molar refractivity (Wildman–Crippen MR) is 173 cm³/mol. The number of carbonyl (C=O) groups excluding carboxylic acids is 4. The normalized spacial score (nSPS) is 18.9. The highest BCUT2D eigenvalue weighted by Crippen LogP contribution is 2.32. The lowest BCUT2D eigenvalue weighted by molar-refractivity contribution is -0.136. The summed E-state index contributed by atoms with van der Waals surface area (Å²) in [5, 5.41) is 5.34. The lowest BCUT2D eigenvalue weighted by Crippen LogP contribution is -2.51. The SMILES string of the molecule is COC(=O)NC(C(=O)N1CCCC1c1ncc(CCCC#Cc2cnc([C@@H]3CCCN3C(=O)C(NC(=O)OC)C(C)C)[nH]2)[nH]1)C(C)C. The van der Waals surface area contributed by atoms with Gasteiger partial charge in [-0.1, -0.05) is 33.6 Å². The van der Waals surface area contributed by atoms with E-state index in [1.165, 1.54) is 14.2 Å². The van der Waals surface area contributed by atoms with Gasteiger partial charge in [0.2, 0.25) is 11.8 Å². The quantitative estimate of drug-likeness (QED) is 0.210. The van der Waals surface area contributed by atoms with Crippen LogP contribution in [-0.2, 0) is 25.5 Å². The molecule has 2 aromatic rings. The van der Waals surface area contributed by atoms with E-state index in [0.717, 1.165) is 50.0 Å². The molecular formula is C33H48N8O6. The van der Waals surface area contributed by atoms with Crippen LogP contribution >= 0.6 is 0 Å². The van der Waals surface area contributed by atoms with Gasteiger partial charge < -0.3 is 39.9 Å². The second-order valence-corrected chi connectivity index (χ2v) is 12.7. The van der Waals surface area contributed by atoms with Crippen molar-refractivity contribution in [2.75, 3.05) is 27.3 Å². The topological polar surface area (TPSA) is 175 Å². The number of hydrogen-bond acceptors (Lipinski definition) is 8. The molecule has 0 aromatic carbocycles. The number of rotatable bonds is 11. The van der Waals surface area contributed by atoms with Crippen LogP contribution in [0.15, 0.2) is 12.4 Å². The minimum atomic E-state index is -0.685. The number of carbonyl (C=O) groups is 4. The number of amides is 4. The zero-order valence-corrected chi connectivity index (χ0v) is 28.2. The van der Waals surface area contributed by atoms with Gasteiger partial charge in [-0.15, -0.1) is 0 Å². The fraction of sp³-hybridized carbons (Fsp3) is 0.636. The summed E-state index contributed by atoms with van der Waals surface area (Å²) in [6.45, 7) is 8.76. The molecule has 2 aromatic heterocycles. The Morgan fingerprint density at radius 2 is 1.36 bits per heavy atom. The Kier molecular flexibility index (Phi) is 12.3. The summed E-state index contributed by atoms with van der Waals surface area (Å²) in [6.07, 6.45) is 7.77. The van der Waals surface area contributed by atoms with Crippen LogP contribution in [0.2, 0.25) is 0 Å². The van der Waals surface area contributed by atoms with Crippen LogP contribution in [0.25, 0.3) is 0 Å². The van der Waals surface area contributed by atoms with Crippen molar-refractivity contribution < 1.29 is 28.7 Å². The summed E-state index contributed by atoms with van der Waals surface area (Å²) in [5.41, 5.74) is 1.66. The molecule has 2 fully saturated rings. The van der Waals surface area contributed by atoms with E-state index in [1.54, 1.807) is 16.0 Å². The molecule has 14 heteroatoms. The number of nitrogens with zero attached hydrogens (tertiary/aromatic N) is 4. The third kappa shape index (κ3) is 8.84. The molecule has 256 valence electrons. The van der Waals surface area contributed by atoms with Crippen LogP contribution in [0.3, 0.4) is 0 Å². The number of hydrogen-bond donors (Lipinski definition) is 4. The molecule has 2 saturated heterocycles. The standard InChI is InChI=1S/C33H48N8O6/c1-20(2)26(38-32(44)46-5)30(42)40-16-10-14-24(40)28-34-18-22(36-28)12-8-7-9-13-23-19-35-29(37-23)25-15-11-17-41(25)31(43)27(21(3)4)39-33(45)47-6/h18-21,24-27H,7-8,10-12,14-17H2,1-6H3,(H,34,36)(H,35,37)(H,38,44)(H,39,45)/t24?,25-,26?,27?/m0/s1. The molecule has 4 atom stereocenters. The van der Waals surface area contributed by atoms with E-state index in [0.29, 0.717) is 31.0 Å². The Morgan fingerprint density at radius 1 is 0.851 bits per heavy atom. The maximum atomic E-state index is 13.4. The molecule has 0 spiro atoms. The van der Waals surface area contributed by atoms with Gasteiger partial charge in [-0.25, -0.2) is 19.6 Å². The maximum Gasteiger partial charge on any atom is 0.407 e. The lowest BCUT2D eigenvalue weighted by atomic mass is 10.0. The van der Waals surface area contributed by atoms with Crippen molar-refractivity contribution in [1.82, 2.24) is 40.4 Å². The first-order valence-electron chi connectivity index (χ1n) is 16.4. The van der Waals surface area contributed by atoms with Crippen molar-refractivity contribution in [3.8, 4) is 11.8 Å². The predicted octanol–water partition coefficient (Wildman–Crippen LogP) is 3.60. The summed E-state index contributed by atoms with van der Waals surface area (Å²) >= 11 is 0. The first-order valence-corrected chi connectivity index (χ1v) is 16.4. The van der Waals surface area contributed by atoms with Crippen molar-refractivity contribution in [1.29, 1.82) is 0 Å². The summed E-state index contributed by atoms with van der Waals surface area (Å²) in [4.78, 5) is 69.7. The van der Waals surface area contributed by atoms with Gasteiger partial charge in [0.15, 0.2) is 0 Å². The minimum absolute atomic E-state index is 0.0922. The first-order chi connectivity index (χ1) is 22.5. The highest BCUT2D eigenvalue weighted by atomic mass is 16.5. The van der Waals surface area contributed by atoms with Crippen molar-refractivity contribution in [3.05, 3.63) is 35.4 Å². The average molecular weight is 653 g/mol. The van der Waals surface area contributed by atoms with Gasteiger partial charge in [-0.2, -0.15) is 0 Å². The molecule has 14 nitrogen and oxygen atoms in total. The van der Waals surface area contributed by atoms with E-state index in [2.05, 4.69) is 42.4 Å². The van der Waals surface area contributed by atoms with Crippen LogP contribution in [-0.4, -0.2) is 93.1 Å². The molecule has 0 bridgehead atoms. The number of nitrogens with one attached hydrogen (secondary N) is 4. The van der Waals surface area contributed by atoms with Crippen LogP contribution in [0.1, 0.15) is 101 Å². The summed E-state index contributed by atoms with van der Waals surface area (Å²) in [6, 6.07) is -1.73. The van der Waals surface area contributed by atoms with Crippen LogP contribution in [0, 0.1) is 23.7 Å². The second kappa shape index (κ2) is 16.3. The third-order valence-electron chi connectivity index (χ3n) is 8.70. The van der Waals surface area contributed by atoms with Crippen LogP contribution < -0.4 is 10.6 Å². The Labute approximate surface area is 276 Å². The summed E-state index contributed by atoms with van der Waals surface area (Å²) in [5.74, 6) is 7.31. The molecule has 4 heterocycles. The van der Waals surface area contributed by atoms with Gasteiger partial charge in [-0.3, -0.25) is 9.59 Å². The number of imidazole rings is 2. The Balaban J connectivity index is 1.30. The number of aromatic nitrogens is 4. The largest absolute Gasteiger partial charge is 0.453 e. The Hall–Kier alpha value is -4.54. The molecule has 4 rings (SSSR count). The number of alkyl carbamates (subject to hydrolysis) is 2. The van der Waals surface area contributed by atoms with Gasteiger partial charge in [0, 0.05) is 31.4 Å². The molecule has 3 unspecified atom stereocenters. The van der Waals surface area contributed by atoms with Gasteiger partial charge >= 0.3 is 12.2 Å². The van der Waals surface area contributed by atoms with Crippen LogP contribution in [0.5, 0.6) is 0 Å². The van der Waals surface area contributed by atoms with E-state index in [9.17, 15) is 19.2 Å². The molecule has 0 aliphatic carbocycles. The third-order valence-corrected chi connectivity index (χ3v) is 8.70. The van der Waals surface area contributed by atoms with Gasteiger partial charge in [0.25, 0.3) is 0 Å². The second-order valence-electron chi connectivity index (χ2n) is 12.7. The minimum Gasteiger partial charge on any atom is -0.453 e. The van der Waals surface area contributed by atoms with E-state index in [4.69, 9.17) is 9.47 Å². The van der Waals surface area contributed by atoms with Gasteiger partial charge in [0.1, 0.15) is 29.4 Å². The number of ether oxygens (including phenoxy) is 2. The molecule has 0 saturated carbocycles. The number of methoxy groups -OCH3 is 2. The smallest absolute Gasteiger partial charge is 0.407 e. The molecular weight excluding hydrogens is 604 g/mol.